The van der Waals surface area contributed by atoms with Crippen molar-refractivity contribution in [2.45, 2.75) is 31.7 Å². The van der Waals surface area contributed by atoms with E-state index in [0.717, 1.165) is 41.9 Å². The fourth-order valence-corrected chi connectivity index (χ4v) is 3.95. The fourth-order valence-electron chi connectivity index (χ4n) is 3.95. The molecule has 0 bridgehead atoms. The highest BCUT2D eigenvalue weighted by atomic mass is 16.5. The second-order valence-corrected chi connectivity index (χ2v) is 7.97. The third-order valence-corrected chi connectivity index (χ3v) is 5.98. The van der Waals surface area contributed by atoms with Gasteiger partial charge in [-0.15, -0.1) is 0 Å². The quantitative estimate of drug-likeness (QED) is 0.737. The van der Waals surface area contributed by atoms with Gasteiger partial charge in [0.2, 0.25) is 5.91 Å². The van der Waals surface area contributed by atoms with Crippen LogP contribution < -0.4 is 4.74 Å². The summed E-state index contributed by atoms with van der Waals surface area (Å²) in [7, 11) is 3.34. The van der Waals surface area contributed by atoms with Gasteiger partial charge in [0.25, 0.3) is 5.91 Å². The Morgan fingerprint density at radius 3 is 2.40 bits per heavy atom. The lowest BCUT2D eigenvalue weighted by molar-refractivity contribution is -0.144. The zero-order valence-electron chi connectivity index (χ0n) is 17.5. The molecule has 0 aromatic heterocycles. The highest BCUT2D eigenvalue weighted by Crippen LogP contribution is 2.33. The molecule has 2 aromatic rings. The van der Waals surface area contributed by atoms with E-state index in [1.54, 1.807) is 24.1 Å². The van der Waals surface area contributed by atoms with Gasteiger partial charge in [0.15, 0.2) is 0 Å². The topological polar surface area (TPSA) is 62.2 Å². The molecule has 6 heteroatoms. The van der Waals surface area contributed by atoms with Gasteiger partial charge in [-0.2, -0.15) is 5.10 Å². The van der Waals surface area contributed by atoms with Crippen molar-refractivity contribution < 1.29 is 14.3 Å². The van der Waals surface area contributed by atoms with Gasteiger partial charge in [-0.25, -0.2) is 5.01 Å². The number of hydrogen-bond acceptors (Lipinski definition) is 4. The first-order valence-corrected chi connectivity index (χ1v) is 10.4. The van der Waals surface area contributed by atoms with Crippen LogP contribution in [0.4, 0.5) is 0 Å². The minimum atomic E-state index is -0.178. The van der Waals surface area contributed by atoms with Crippen LogP contribution in [0.15, 0.2) is 59.7 Å². The van der Waals surface area contributed by atoms with Crippen LogP contribution in [-0.2, 0) is 9.59 Å². The molecule has 1 aliphatic carbocycles. The van der Waals surface area contributed by atoms with Crippen LogP contribution in [0.1, 0.15) is 42.9 Å². The maximum absolute atomic E-state index is 13.2. The molecule has 2 aliphatic rings. The lowest BCUT2D eigenvalue weighted by atomic mass is 9.84. The van der Waals surface area contributed by atoms with E-state index in [-0.39, 0.29) is 30.3 Å². The summed E-state index contributed by atoms with van der Waals surface area (Å²) >= 11 is 0. The van der Waals surface area contributed by atoms with Gasteiger partial charge in [0.1, 0.15) is 12.3 Å². The van der Waals surface area contributed by atoms with Crippen LogP contribution in [0.25, 0.3) is 0 Å². The first-order chi connectivity index (χ1) is 14.6. The number of ether oxygens (including phenoxy) is 1. The van der Waals surface area contributed by atoms with Crippen molar-refractivity contribution in [1.29, 1.82) is 0 Å². The number of hydrogen-bond donors (Lipinski definition) is 0. The Bertz CT molecular complexity index is 936. The van der Waals surface area contributed by atoms with E-state index in [4.69, 9.17) is 4.74 Å². The third-order valence-electron chi connectivity index (χ3n) is 5.98. The summed E-state index contributed by atoms with van der Waals surface area (Å²) in [6.07, 6.45) is 3.57. The monoisotopic (exact) mass is 405 g/mol. The van der Waals surface area contributed by atoms with E-state index in [9.17, 15) is 9.59 Å². The molecule has 0 unspecified atom stereocenters. The maximum atomic E-state index is 13.2. The smallest absolute Gasteiger partial charge is 0.262 e. The van der Waals surface area contributed by atoms with E-state index in [2.05, 4.69) is 5.10 Å². The molecule has 0 radical (unpaired) electrons. The molecular formula is C24H27N3O3. The Hall–Kier alpha value is -3.15. The molecule has 1 heterocycles. The van der Waals surface area contributed by atoms with Gasteiger partial charge in [-0.05, 0) is 48.2 Å². The van der Waals surface area contributed by atoms with Crippen molar-refractivity contribution in [3.8, 4) is 5.75 Å². The predicted octanol–water partition coefficient (Wildman–Crippen LogP) is 3.63. The molecule has 2 aromatic carbocycles. The predicted molar refractivity (Wildman–Crippen MR) is 115 cm³/mol. The van der Waals surface area contributed by atoms with Crippen molar-refractivity contribution >= 4 is 17.5 Å². The van der Waals surface area contributed by atoms with E-state index in [1.165, 1.54) is 0 Å². The molecular weight excluding hydrogens is 378 g/mol. The van der Waals surface area contributed by atoms with Crippen LogP contribution in [0.5, 0.6) is 5.75 Å². The molecule has 1 aliphatic heterocycles. The van der Waals surface area contributed by atoms with Crippen molar-refractivity contribution in [3.05, 3.63) is 65.7 Å². The largest absolute Gasteiger partial charge is 0.497 e. The zero-order valence-corrected chi connectivity index (χ0v) is 17.5. The number of carbonyl (C=O) groups excluding carboxylic acids is 2. The molecule has 0 spiro atoms. The summed E-state index contributed by atoms with van der Waals surface area (Å²) in [6, 6.07) is 17.5. The molecule has 1 fully saturated rings. The first-order valence-electron chi connectivity index (χ1n) is 10.4. The van der Waals surface area contributed by atoms with Crippen molar-refractivity contribution in [2.75, 3.05) is 20.7 Å². The van der Waals surface area contributed by atoms with Gasteiger partial charge in [0, 0.05) is 19.4 Å². The third kappa shape index (κ3) is 4.08. The SMILES string of the molecule is COc1ccc(C2=NN(C(=O)CN(C)C(=O)C3CCC3)[C@@H](c3ccccc3)C2)cc1. The normalized spacial score (nSPS) is 18.5. The fraction of sp³-hybridized carbons (Fsp3) is 0.375. The van der Waals surface area contributed by atoms with Gasteiger partial charge in [0.05, 0.1) is 18.9 Å². The molecule has 1 atom stereocenters. The highest BCUT2D eigenvalue weighted by molar-refractivity contribution is 6.03. The van der Waals surface area contributed by atoms with Gasteiger partial charge in [-0.1, -0.05) is 36.8 Å². The number of methoxy groups -OCH3 is 1. The van der Waals surface area contributed by atoms with Crippen LogP contribution in [0.3, 0.4) is 0 Å². The van der Waals surface area contributed by atoms with Crippen LogP contribution in [-0.4, -0.2) is 48.1 Å². The minimum absolute atomic E-state index is 0.0397. The van der Waals surface area contributed by atoms with Gasteiger partial charge >= 0.3 is 0 Å². The Morgan fingerprint density at radius 1 is 1.10 bits per heavy atom. The molecule has 4 rings (SSSR count). The Labute approximate surface area is 177 Å². The number of benzene rings is 2. The number of amides is 2. The lowest BCUT2D eigenvalue weighted by Crippen LogP contribution is -2.42. The number of carbonyl (C=O) groups is 2. The second kappa shape index (κ2) is 8.69. The first kappa shape index (κ1) is 20.1. The van der Waals surface area contributed by atoms with Gasteiger partial charge in [-0.3, -0.25) is 9.59 Å². The maximum Gasteiger partial charge on any atom is 0.262 e. The van der Waals surface area contributed by atoms with E-state index in [1.807, 2.05) is 54.6 Å². The number of hydrazone groups is 1. The average Bonchev–Trinajstić information content (AvgIpc) is 3.19. The van der Waals surface area contributed by atoms with Crippen molar-refractivity contribution in [3.63, 3.8) is 0 Å². The number of likely N-dealkylation sites (N-methyl/N-ethyl adjacent to an activating group) is 1. The Kier molecular flexibility index (Phi) is 5.84. The molecule has 0 saturated heterocycles. The van der Waals surface area contributed by atoms with Crippen molar-refractivity contribution in [2.24, 2.45) is 11.0 Å². The zero-order chi connectivity index (χ0) is 21.1. The van der Waals surface area contributed by atoms with Crippen LogP contribution in [0.2, 0.25) is 0 Å². The Balaban J connectivity index is 1.56. The summed E-state index contributed by atoms with van der Waals surface area (Å²) in [6.45, 7) is 0.0397. The summed E-state index contributed by atoms with van der Waals surface area (Å²) in [5, 5.41) is 6.24. The molecule has 30 heavy (non-hydrogen) atoms. The molecule has 0 N–H and O–H groups in total. The van der Waals surface area contributed by atoms with E-state index in [0.29, 0.717) is 6.42 Å². The Morgan fingerprint density at radius 2 is 1.80 bits per heavy atom. The standard InChI is InChI=1S/C24H27N3O3/c1-26(24(29)19-9-6-10-19)16-23(28)27-22(18-7-4-3-5-8-18)15-21(25-27)17-11-13-20(30-2)14-12-17/h3-5,7-8,11-14,19,22H,6,9-10,15-16H2,1-2H3/t22-/m1/s1. The molecule has 2 amide bonds. The van der Waals surface area contributed by atoms with Gasteiger partial charge < -0.3 is 9.64 Å². The average molecular weight is 405 g/mol. The molecule has 1 saturated carbocycles. The van der Waals surface area contributed by atoms with E-state index < -0.39 is 0 Å². The molecule has 156 valence electrons. The minimum Gasteiger partial charge on any atom is -0.497 e. The second-order valence-electron chi connectivity index (χ2n) is 7.97. The lowest BCUT2D eigenvalue weighted by Gasteiger charge is -2.30. The van der Waals surface area contributed by atoms with Crippen LogP contribution in [0, 0.1) is 5.92 Å². The summed E-state index contributed by atoms with van der Waals surface area (Å²) in [5.41, 5.74) is 2.85. The highest BCUT2D eigenvalue weighted by Gasteiger charge is 2.35. The number of rotatable bonds is 6. The van der Waals surface area contributed by atoms with Crippen molar-refractivity contribution in [1.82, 2.24) is 9.91 Å². The summed E-state index contributed by atoms with van der Waals surface area (Å²) in [5.74, 6) is 0.748. The molecule has 6 nitrogen and oxygen atoms in total. The summed E-state index contributed by atoms with van der Waals surface area (Å²) in [4.78, 5) is 27.2. The van der Waals surface area contributed by atoms with Crippen LogP contribution >= 0.6 is 0 Å². The summed E-state index contributed by atoms with van der Waals surface area (Å²) < 4.78 is 5.24. The number of nitrogens with zero attached hydrogens (tertiary/aromatic N) is 3. The van der Waals surface area contributed by atoms with E-state index >= 15 is 0 Å².